The first-order valence-corrected chi connectivity index (χ1v) is 8.55. The fourth-order valence-electron chi connectivity index (χ4n) is 2.96. The zero-order valence-corrected chi connectivity index (χ0v) is 14.5. The molecule has 1 aromatic heterocycles. The van der Waals surface area contributed by atoms with E-state index in [1.807, 2.05) is 29.2 Å². The monoisotopic (exact) mass is 344 g/mol. The van der Waals surface area contributed by atoms with Gasteiger partial charge >= 0.3 is 0 Å². The van der Waals surface area contributed by atoms with Crippen molar-refractivity contribution in [2.24, 2.45) is 0 Å². The number of methoxy groups -OCH3 is 1. The molecule has 1 aliphatic rings. The van der Waals surface area contributed by atoms with Crippen LogP contribution in [0.25, 0.3) is 0 Å². The Hall–Kier alpha value is -2.54. The molecule has 1 saturated heterocycles. The molecule has 0 amide bonds. The maximum Gasteiger partial charge on any atom is 0.290 e. The molecule has 3 rings (SSSR count). The largest absolute Gasteiger partial charge is 0.493 e. The highest BCUT2D eigenvalue weighted by atomic mass is 16.5. The van der Waals surface area contributed by atoms with Gasteiger partial charge in [0.15, 0.2) is 17.3 Å². The average Bonchev–Trinajstić information content (AvgIpc) is 2.66. The lowest BCUT2D eigenvalue weighted by Gasteiger charge is -2.34. The summed E-state index contributed by atoms with van der Waals surface area (Å²) in [4.78, 5) is 23.1. The summed E-state index contributed by atoms with van der Waals surface area (Å²) in [6.45, 7) is 5.10. The van der Waals surface area contributed by atoms with Gasteiger partial charge in [0, 0.05) is 45.1 Å². The van der Waals surface area contributed by atoms with Gasteiger partial charge in [-0.25, -0.2) is 4.98 Å². The molecule has 0 atom stereocenters. The highest BCUT2D eigenvalue weighted by Gasteiger charge is 2.19. The maximum absolute atomic E-state index is 11.8. The molecule has 1 N–H and O–H groups in total. The van der Waals surface area contributed by atoms with Crippen LogP contribution in [0.3, 0.4) is 0 Å². The summed E-state index contributed by atoms with van der Waals surface area (Å²) >= 11 is 0. The summed E-state index contributed by atoms with van der Waals surface area (Å²) in [5.41, 5.74) is -0.124. The Kier molecular flexibility index (Phi) is 5.90. The average molecular weight is 344 g/mol. The number of piperazine rings is 1. The van der Waals surface area contributed by atoms with E-state index in [0.29, 0.717) is 12.4 Å². The minimum absolute atomic E-state index is 0.124. The molecular formula is C18H24N4O3. The van der Waals surface area contributed by atoms with Crippen LogP contribution in [0.4, 0.5) is 5.82 Å². The molecule has 7 nitrogen and oxygen atoms in total. The number of ether oxygens (including phenoxy) is 2. The van der Waals surface area contributed by atoms with Crippen molar-refractivity contribution in [3.63, 3.8) is 0 Å². The van der Waals surface area contributed by atoms with Gasteiger partial charge in [0.2, 0.25) is 0 Å². The lowest BCUT2D eigenvalue weighted by molar-refractivity contribution is 0.221. The molecule has 0 aliphatic carbocycles. The van der Waals surface area contributed by atoms with Crippen molar-refractivity contribution in [2.75, 3.05) is 51.3 Å². The second kappa shape index (κ2) is 8.53. The lowest BCUT2D eigenvalue weighted by atomic mass is 10.3. The van der Waals surface area contributed by atoms with E-state index in [0.717, 1.165) is 50.6 Å². The standard InChI is InChI=1S/C18H24N4O3/c1-24-15-5-2-3-6-16(15)25-14-4-9-21-10-12-22(13-11-21)17-18(23)20-8-7-19-17/h2-3,5-8H,4,9-14H2,1H3,(H,20,23). The Labute approximate surface area is 147 Å². The predicted molar refractivity (Wildman–Crippen MR) is 96.6 cm³/mol. The third kappa shape index (κ3) is 4.51. The van der Waals surface area contributed by atoms with Gasteiger partial charge < -0.3 is 19.4 Å². The summed E-state index contributed by atoms with van der Waals surface area (Å²) in [5.74, 6) is 2.06. The van der Waals surface area contributed by atoms with Gasteiger partial charge in [-0.3, -0.25) is 9.69 Å². The number of anilines is 1. The number of aromatic nitrogens is 2. The molecule has 0 radical (unpaired) electrons. The number of nitrogens with zero attached hydrogens (tertiary/aromatic N) is 3. The van der Waals surface area contributed by atoms with Crippen LogP contribution in [0.1, 0.15) is 6.42 Å². The van der Waals surface area contributed by atoms with E-state index in [1.54, 1.807) is 19.5 Å². The predicted octanol–water partition coefficient (Wildman–Crippen LogP) is 1.37. The number of nitrogens with one attached hydrogen (secondary N) is 1. The Morgan fingerprint density at radius 3 is 2.64 bits per heavy atom. The number of aromatic amines is 1. The van der Waals surface area contributed by atoms with Gasteiger partial charge in [-0.05, 0) is 18.6 Å². The molecule has 2 heterocycles. The van der Waals surface area contributed by atoms with Crippen molar-refractivity contribution in [1.29, 1.82) is 0 Å². The second-order valence-corrected chi connectivity index (χ2v) is 5.92. The van der Waals surface area contributed by atoms with Crippen LogP contribution >= 0.6 is 0 Å². The van der Waals surface area contributed by atoms with Gasteiger partial charge in [-0.15, -0.1) is 0 Å². The van der Waals surface area contributed by atoms with Gasteiger partial charge in [0.05, 0.1) is 13.7 Å². The zero-order chi connectivity index (χ0) is 17.5. The van der Waals surface area contributed by atoms with Gasteiger partial charge in [-0.1, -0.05) is 12.1 Å². The fourth-order valence-corrected chi connectivity index (χ4v) is 2.96. The van der Waals surface area contributed by atoms with Gasteiger partial charge in [0.1, 0.15) is 0 Å². The number of hydrogen-bond acceptors (Lipinski definition) is 6. The minimum Gasteiger partial charge on any atom is -0.493 e. The Balaban J connectivity index is 1.40. The molecule has 0 saturated carbocycles. The van der Waals surface area contributed by atoms with Crippen LogP contribution in [-0.2, 0) is 0 Å². The first-order chi connectivity index (χ1) is 12.3. The summed E-state index contributed by atoms with van der Waals surface area (Å²) in [7, 11) is 1.65. The topological polar surface area (TPSA) is 70.7 Å². The molecule has 0 unspecified atom stereocenters. The molecule has 7 heteroatoms. The quantitative estimate of drug-likeness (QED) is 0.765. The molecule has 134 valence electrons. The van der Waals surface area contributed by atoms with E-state index < -0.39 is 0 Å². The Morgan fingerprint density at radius 2 is 1.92 bits per heavy atom. The molecule has 0 spiro atoms. The number of benzene rings is 1. The van der Waals surface area contributed by atoms with Crippen molar-refractivity contribution < 1.29 is 9.47 Å². The van der Waals surface area contributed by atoms with Crippen molar-refractivity contribution in [3.05, 3.63) is 47.0 Å². The third-order valence-corrected chi connectivity index (χ3v) is 4.31. The molecule has 25 heavy (non-hydrogen) atoms. The Bertz CT molecular complexity index is 726. The molecule has 1 aromatic carbocycles. The van der Waals surface area contributed by atoms with Gasteiger partial charge in [0.25, 0.3) is 5.56 Å². The van der Waals surface area contributed by atoms with Crippen molar-refractivity contribution in [3.8, 4) is 11.5 Å². The van der Waals surface area contributed by atoms with Gasteiger partial charge in [-0.2, -0.15) is 0 Å². The number of hydrogen-bond donors (Lipinski definition) is 1. The van der Waals surface area contributed by atoms with Crippen LogP contribution < -0.4 is 19.9 Å². The minimum atomic E-state index is -0.124. The van der Waals surface area contributed by atoms with Crippen LogP contribution in [-0.4, -0.2) is 61.3 Å². The van der Waals surface area contributed by atoms with Crippen LogP contribution in [0, 0.1) is 0 Å². The van der Waals surface area contributed by atoms with E-state index >= 15 is 0 Å². The molecule has 2 aromatic rings. The summed E-state index contributed by atoms with van der Waals surface area (Å²) in [5, 5.41) is 0. The lowest BCUT2D eigenvalue weighted by Crippen LogP contribution is -2.48. The molecule has 1 fully saturated rings. The Morgan fingerprint density at radius 1 is 1.16 bits per heavy atom. The smallest absolute Gasteiger partial charge is 0.290 e. The van der Waals surface area contributed by atoms with E-state index in [4.69, 9.17) is 9.47 Å². The highest BCUT2D eigenvalue weighted by Crippen LogP contribution is 2.25. The van der Waals surface area contributed by atoms with Crippen molar-refractivity contribution >= 4 is 5.82 Å². The maximum atomic E-state index is 11.8. The van der Waals surface area contributed by atoms with E-state index in [9.17, 15) is 4.79 Å². The van der Waals surface area contributed by atoms with Crippen LogP contribution in [0.15, 0.2) is 41.5 Å². The van der Waals surface area contributed by atoms with E-state index in [-0.39, 0.29) is 5.56 Å². The second-order valence-electron chi connectivity index (χ2n) is 5.92. The fraction of sp³-hybridized carbons (Fsp3) is 0.444. The SMILES string of the molecule is COc1ccccc1OCCCN1CCN(c2ncc[nH]c2=O)CC1. The van der Waals surface area contributed by atoms with Crippen LogP contribution in [0.5, 0.6) is 11.5 Å². The molecule has 0 bridgehead atoms. The summed E-state index contributed by atoms with van der Waals surface area (Å²) < 4.78 is 11.1. The number of H-pyrrole nitrogens is 1. The van der Waals surface area contributed by atoms with Crippen molar-refractivity contribution in [1.82, 2.24) is 14.9 Å². The van der Waals surface area contributed by atoms with Crippen LogP contribution in [0.2, 0.25) is 0 Å². The summed E-state index contributed by atoms with van der Waals surface area (Å²) in [6, 6.07) is 7.68. The number of para-hydroxylation sites is 2. The summed E-state index contributed by atoms with van der Waals surface area (Å²) in [6.07, 6.45) is 4.13. The zero-order valence-electron chi connectivity index (χ0n) is 14.5. The molecule has 1 aliphatic heterocycles. The number of rotatable bonds is 7. The highest BCUT2D eigenvalue weighted by molar-refractivity contribution is 5.39. The molecular weight excluding hydrogens is 320 g/mol. The third-order valence-electron chi connectivity index (χ3n) is 4.31. The van der Waals surface area contributed by atoms with E-state index in [1.165, 1.54) is 0 Å². The normalized spacial score (nSPS) is 15.2. The first kappa shape index (κ1) is 17.3. The van der Waals surface area contributed by atoms with E-state index in [2.05, 4.69) is 14.9 Å². The van der Waals surface area contributed by atoms with Crippen molar-refractivity contribution in [2.45, 2.75) is 6.42 Å². The first-order valence-electron chi connectivity index (χ1n) is 8.55.